The molecule has 3 rings (SSSR count). The van der Waals surface area contributed by atoms with Crippen LogP contribution in [-0.2, 0) is 21.7 Å². The normalized spacial score (nSPS) is 18.5. The molecule has 0 saturated carbocycles. The van der Waals surface area contributed by atoms with Gasteiger partial charge in [-0.1, -0.05) is 42.5 Å². The van der Waals surface area contributed by atoms with Crippen LogP contribution in [0.3, 0.4) is 0 Å². The van der Waals surface area contributed by atoms with E-state index < -0.39 is 17.5 Å². The summed E-state index contributed by atoms with van der Waals surface area (Å²) in [5.41, 5.74) is 0.382. The van der Waals surface area contributed by atoms with Gasteiger partial charge in [-0.15, -0.1) is 0 Å². The first-order chi connectivity index (χ1) is 14.3. The first-order valence-corrected chi connectivity index (χ1v) is 9.88. The number of carbonyl (C=O) groups is 3. The zero-order valence-electron chi connectivity index (χ0n) is 17.7. The number of rotatable bonds is 7. The number of nitrogens with zero attached hydrogens (tertiary/aromatic N) is 2. The van der Waals surface area contributed by atoms with Gasteiger partial charge in [0.05, 0.1) is 7.11 Å². The smallest absolute Gasteiger partial charge is 0.325 e. The second-order valence-corrected chi connectivity index (χ2v) is 7.78. The molecule has 1 atom stereocenters. The minimum atomic E-state index is -1.23. The summed E-state index contributed by atoms with van der Waals surface area (Å²) >= 11 is 0. The van der Waals surface area contributed by atoms with Crippen molar-refractivity contribution in [2.45, 2.75) is 38.9 Å². The third-order valence-corrected chi connectivity index (χ3v) is 5.38. The van der Waals surface area contributed by atoms with Crippen molar-refractivity contribution in [2.24, 2.45) is 0 Å². The molecule has 0 aromatic heterocycles. The zero-order valence-corrected chi connectivity index (χ0v) is 17.7. The summed E-state index contributed by atoms with van der Waals surface area (Å²) in [7, 11) is 1.56. The number of hydrogen-bond acceptors (Lipinski definition) is 4. The quantitative estimate of drug-likeness (QED) is 0.713. The average Bonchev–Trinajstić information content (AvgIpc) is 2.96. The Kier molecular flexibility index (Phi) is 6.10. The van der Waals surface area contributed by atoms with Gasteiger partial charge in [0.2, 0.25) is 5.91 Å². The Hall–Kier alpha value is -3.35. The highest BCUT2D eigenvalue weighted by Gasteiger charge is 2.49. The van der Waals surface area contributed by atoms with Crippen molar-refractivity contribution in [3.63, 3.8) is 0 Å². The van der Waals surface area contributed by atoms with E-state index in [1.54, 1.807) is 43.2 Å². The molecule has 0 aliphatic carbocycles. The molecule has 4 amide bonds. The molecule has 30 heavy (non-hydrogen) atoms. The van der Waals surface area contributed by atoms with E-state index in [0.717, 1.165) is 10.5 Å². The number of carbonyl (C=O) groups excluding carboxylic acids is 3. The van der Waals surface area contributed by atoms with Crippen LogP contribution in [0.15, 0.2) is 54.6 Å². The van der Waals surface area contributed by atoms with E-state index in [2.05, 4.69) is 5.32 Å². The fourth-order valence-corrected chi connectivity index (χ4v) is 3.53. The van der Waals surface area contributed by atoms with Crippen LogP contribution in [-0.4, -0.2) is 47.3 Å². The molecular weight excluding hydrogens is 382 g/mol. The molecule has 7 heteroatoms. The second-order valence-electron chi connectivity index (χ2n) is 7.78. The van der Waals surface area contributed by atoms with Crippen molar-refractivity contribution in [3.8, 4) is 5.75 Å². The lowest BCUT2D eigenvalue weighted by Gasteiger charge is -2.28. The summed E-state index contributed by atoms with van der Waals surface area (Å²) in [4.78, 5) is 41.4. The average molecular weight is 409 g/mol. The van der Waals surface area contributed by atoms with Gasteiger partial charge in [-0.2, -0.15) is 0 Å². The number of imide groups is 1. The zero-order chi connectivity index (χ0) is 21.9. The lowest BCUT2D eigenvalue weighted by Crippen LogP contribution is -2.46. The maximum Gasteiger partial charge on any atom is 0.325 e. The number of nitrogens with one attached hydrogen (secondary N) is 1. The van der Waals surface area contributed by atoms with Crippen molar-refractivity contribution in [3.05, 3.63) is 65.7 Å². The van der Waals surface area contributed by atoms with Crippen molar-refractivity contribution in [1.29, 1.82) is 0 Å². The van der Waals surface area contributed by atoms with Crippen molar-refractivity contribution < 1.29 is 19.1 Å². The molecule has 1 aliphatic rings. The summed E-state index contributed by atoms with van der Waals surface area (Å²) < 4.78 is 5.15. The number of urea groups is 1. The van der Waals surface area contributed by atoms with Gasteiger partial charge in [-0.05, 0) is 44.0 Å². The highest BCUT2D eigenvalue weighted by molar-refractivity contribution is 6.09. The van der Waals surface area contributed by atoms with Gasteiger partial charge in [-0.3, -0.25) is 14.5 Å². The summed E-state index contributed by atoms with van der Waals surface area (Å²) in [5.74, 6) is -0.0783. The Labute approximate surface area is 176 Å². The van der Waals surface area contributed by atoms with Gasteiger partial charge in [0.25, 0.3) is 5.91 Å². The fourth-order valence-electron chi connectivity index (χ4n) is 3.53. The monoisotopic (exact) mass is 409 g/mol. The summed E-state index contributed by atoms with van der Waals surface area (Å²) in [5, 5.41) is 2.73. The highest BCUT2D eigenvalue weighted by Crippen LogP contribution is 2.30. The third-order valence-electron chi connectivity index (χ3n) is 5.38. The van der Waals surface area contributed by atoms with E-state index >= 15 is 0 Å². The Morgan fingerprint density at radius 2 is 1.73 bits per heavy atom. The summed E-state index contributed by atoms with van der Waals surface area (Å²) in [6.45, 7) is 5.57. The number of amides is 4. The fraction of sp³-hybridized carbons (Fsp3) is 0.348. The first-order valence-electron chi connectivity index (χ1n) is 9.88. The van der Waals surface area contributed by atoms with Gasteiger partial charge < -0.3 is 15.0 Å². The molecule has 0 bridgehead atoms. The molecule has 1 saturated heterocycles. The molecule has 1 N–H and O–H groups in total. The predicted octanol–water partition coefficient (Wildman–Crippen LogP) is 2.90. The molecule has 0 radical (unpaired) electrons. The van der Waals surface area contributed by atoms with Crippen LogP contribution in [0.2, 0.25) is 0 Å². The van der Waals surface area contributed by atoms with Gasteiger partial charge in [0, 0.05) is 12.6 Å². The second kappa shape index (κ2) is 8.57. The standard InChI is InChI=1S/C23H27N3O4/c1-16(2)25(14-17-8-6-5-7-9-17)20(27)15-26-21(28)23(3,24-22(26)29)18-10-12-19(30-4)13-11-18/h5-13,16H,14-15H2,1-4H3,(H,24,29)/t23-/m0/s1. The van der Waals surface area contributed by atoms with Crippen LogP contribution in [0.1, 0.15) is 31.9 Å². The predicted molar refractivity (Wildman–Crippen MR) is 113 cm³/mol. The molecule has 1 heterocycles. The van der Waals surface area contributed by atoms with Crippen LogP contribution in [0, 0.1) is 0 Å². The first kappa shape index (κ1) is 21.4. The number of hydrogen-bond donors (Lipinski definition) is 1. The molecule has 1 aliphatic heterocycles. The molecule has 0 spiro atoms. The van der Waals surface area contributed by atoms with E-state index in [1.165, 1.54) is 0 Å². The van der Waals surface area contributed by atoms with E-state index in [0.29, 0.717) is 17.9 Å². The molecule has 158 valence electrons. The Morgan fingerprint density at radius 3 is 2.30 bits per heavy atom. The van der Waals surface area contributed by atoms with Crippen LogP contribution in [0.25, 0.3) is 0 Å². The van der Waals surface area contributed by atoms with E-state index in [4.69, 9.17) is 4.74 Å². The lowest BCUT2D eigenvalue weighted by molar-refractivity contribution is -0.140. The van der Waals surface area contributed by atoms with Crippen LogP contribution < -0.4 is 10.1 Å². The highest BCUT2D eigenvalue weighted by atomic mass is 16.5. The number of ether oxygens (including phenoxy) is 1. The largest absolute Gasteiger partial charge is 0.497 e. The minimum Gasteiger partial charge on any atom is -0.497 e. The molecule has 7 nitrogen and oxygen atoms in total. The number of methoxy groups -OCH3 is 1. The van der Waals surface area contributed by atoms with Crippen LogP contribution in [0.5, 0.6) is 5.75 Å². The molecule has 2 aromatic carbocycles. The maximum atomic E-state index is 13.1. The third kappa shape index (κ3) is 4.15. The van der Waals surface area contributed by atoms with Crippen LogP contribution >= 0.6 is 0 Å². The SMILES string of the molecule is COc1ccc([C@]2(C)NC(=O)N(CC(=O)N(Cc3ccccc3)C(C)C)C2=O)cc1. The van der Waals surface area contributed by atoms with Gasteiger partial charge >= 0.3 is 6.03 Å². The maximum absolute atomic E-state index is 13.1. The van der Waals surface area contributed by atoms with E-state index in [-0.39, 0.29) is 18.5 Å². The summed E-state index contributed by atoms with van der Waals surface area (Å²) in [6, 6.07) is 15.9. The Bertz CT molecular complexity index is 927. The molecule has 0 unspecified atom stereocenters. The lowest BCUT2D eigenvalue weighted by atomic mass is 9.92. The molecular formula is C23H27N3O4. The Morgan fingerprint density at radius 1 is 1.10 bits per heavy atom. The van der Waals surface area contributed by atoms with Gasteiger partial charge in [0.15, 0.2) is 0 Å². The topological polar surface area (TPSA) is 79.0 Å². The van der Waals surface area contributed by atoms with Crippen molar-refractivity contribution in [1.82, 2.24) is 15.1 Å². The summed E-state index contributed by atoms with van der Waals surface area (Å²) in [6.07, 6.45) is 0. The number of benzene rings is 2. The van der Waals surface area contributed by atoms with Crippen molar-refractivity contribution in [2.75, 3.05) is 13.7 Å². The van der Waals surface area contributed by atoms with Crippen LogP contribution in [0.4, 0.5) is 4.79 Å². The molecule has 2 aromatic rings. The van der Waals surface area contributed by atoms with Gasteiger partial charge in [-0.25, -0.2) is 4.79 Å². The van der Waals surface area contributed by atoms with E-state index in [1.807, 2.05) is 44.2 Å². The minimum absolute atomic E-state index is 0.0774. The van der Waals surface area contributed by atoms with Crippen molar-refractivity contribution >= 4 is 17.8 Å². The van der Waals surface area contributed by atoms with Gasteiger partial charge in [0.1, 0.15) is 17.8 Å². The Balaban J connectivity index is 1.77. The van der Waals surface area contributed by atoms with E-state index in [9.17, 15) is 14.4 Å². The molecule has 1 fully saturated rings.